The van der Waals surface area contributed by atoms with Crippen LogP contribution in [0.15, 0.2) is 29.6 Å². The minimum absolute atomic E-state index is 0.917. The zero-order valence-corrected chi connectivity index (χ0v) is 14.0. The molecule has 0 atom stereocenters. The molecule has 0 amide bonds. The molecule has 21 heavy (non-hydrogen) atoms. The van der Waals surface area contributed by atoms with Crippen molar-refractivity contribution < 1.29 is 0 Å². The maximum absolute atomic E-state index is 4.72. The number of aromatic nitrogens is 1. The fourth-order valence-corrected chi connectivity index (χ4v) is 3.06. The van der Waals surface area contributed by atoms with Gasteiger partial charge >= 0.3 is 0 Å². The highest BCUT2D eigenvalue weighted by molar-refractivity contribution is 7.09. The van der Waals surface area contributed by atoms with Gasteiger partial charge in [0.1, 0.15) is 5.82 Å². The minimum Gasteiger partial charge on any atom is -0.352 e. The number of aryl methyl sites for hydroxylation is 1. The molecule has 0 unspecified atom stereocenters. The summed E-state index contributed by atoms with van der Waals surface area (Å²) in [7, 11) is 0. The topological polar surface area (TPSA) is 28.2 Å². The second kappa shape index (κ2) is 8.15. The smallest absolute Gasteiger partial charge is 0.129 e. The van der Waals surface area contributed by atoms with E-state index in [1.54, 1.807) is 11.3 Å². The van der Waals surface area contributed by atoms with Crippen molar-refractivity contribution in [1.82, 2.24) is 10.3 Å². The number of pyridine rings is 1. The Morgan fingerprint density at radius 3 is 2.81 bits per heavy atom. The molecule has 2 rings (SSSR count). The Bertz CT molecular complexity index is 537. The fraction of sp³-hybridized carbons (Fsp3) is 0.471. The standard InChI is InChI=1S/C17H25N3S/c1-4-8-18-12-15-10-14(3)19-17(11-15)20(5-2)13-16-7-6-9-21-16/h6-7,9-11,18H,4-5,8,12-13H2,1-3H3. The number of nitrogens with one attached hydrogen (secondary N) is 1. The SMILES string of the molecule is CCCNCc1cc(C)nc(N(CC)Cc2cccs2)c1. The molecule has 0 aliphatic heterocycles. The van der Waals surface area contributed by atoms with Gasteiger partial charge in [0, 0.05) is 23.7 Å². The van der Waals surface area contributed by atoms with Crippen LogP contribution in [-0.4, -0.2) is 18.1 Å². The minimum atomic E-state index is 0.917. The molecule has 0 aliphatic carbocycles. The maximum atomic E-state index is 4.72. The van der Waals surface area contributed by atoms with E-state index < -0.39 is 0 Å². The van der Waals surface area contributed by atoms with E-state index in [1.165, 1.54) is 10.4 Å². The van der Waals surface area contributed by atoms with Crippen molar-refractivity contribution in [2.75, 3.05) is 18.0 Å². The second-order valence-electron chi connectivity index (χ2n) is 5.25. The maximum Gasteiger partial charge on any atom is 0.129 e. The molecular formula is C17H25N3S. The third kappa shape index (κ3) is 4.83. The number of anilines is 1. The molecule has 0 bridgehead atoms. The van der Waals surface area contributed by atoms with Gasteiger partial charge in [0.15, 0.2) is 0 Å². The van der Waals surface area contributed by atoms with Crippen LogP contribution < -0.4 is 10.2 Å². The summed E-state index contributed by atoms with van der Waals surface area (Å²) in [5.41, 5.74) is 2.40. The van der Waals surface area contributed by atoms with Crippen LogP contribution in [0.3, 0.4) is 0 Å². The number of nitrogens with zero attached hydrogens (tertiary/aromatic N) is 2. The third-order valence-corrected chi connectivity index (χ3v) is 4.25. The normalized spacial score (nSPS) is 10.8. The van der Waals surface area contributed by atoms with E-state index in [-0.39, 0.29) is 0 Å². The first-order valence-electron chi connectivity index (χ1n) is 7.68. The molecule has 0 aromatic carbocycles. The first-order valence-corrected chi connectivity index (χ1v) is 8.56. The van der Waals surface area contributed by atoms with Crippen LogP contribution in [0.2, 0.25) is 0 Å². The Kier molecular flexibility index (Phi) is 6.21. The molecule has 2 heterocycles. The summed E-state index contributed by atoms with van der Waals surface area (Å²) in [5.74, 6) is 1.08. The lowest BCUT2D eigenvalue weighted by molar-refractivity contribution is 0.673. The van der Waals surface area contributed by atoms with E-state index in [2.05, 4.69) is 60.6 Å². The van der Waals surface area contributed by atoms with Crippen molar-refractivity contribution >= 4 is 17.2 Å². The Hall–Kier alpha value is -1.39. The number of hydrogen-bond donors (Lipinski definition) is 1. The summed E-state index contributed by atoms with van der Waals surface area (Å²) >= 11 is 1.80. The van der Waals surface area contributed by atoms with E-state index >= 15 is 0 Å². The predicted molar refractivity (Wildman–Crippen MR) is 92.0 cm³/mol. The summed E-state index contributed by atoms with van der Waals surface area (Å²) in [6.45, 7) is 10.3. The summed E-state index contributed by atoms with van der Waals surface area (Å²) < 4.78 is 0. The van der Waals surface area contributed by atoms with Gasteiger partial charge in [-0.05, 0) is 56.0 Å². The van der Waals surface area contributed by atoms with Gasteiger partial charge in [-0.3, -0.25) is 0 Å². The quantitative estimate of drug-likeness (QED) is 0.748. The van der Waals surface area contributed by atoms with Crippen LogP contribution >= 0.6 is 11.3 Å². The molecule has 0 fully saturated rings. The van der Waals surface area contributed by atoms with Crippen molar-refractivity contribution in [2.45, 2.75) is 40.3 Å². The highest BCUT2D eigenvalue weighted by Crippen LogP contribution is 2.19. The molecule has 1 N–H and O–H groups in total. The molecule has 0 saturated carbocycles. The van der Waals surface area contributed by atoms with Crippen LogP contribution in [0, 0.1) is 6.92 Å². The summed E-state index contributed by atoms with van der Waals surface area (Å²) in [4.78, 5) is 8.43. The van der Waals surface area contributed by atoms with Crippen LogP contribution in [0.25, 0.3) is 0 Å². The highest BCUT2D eigenvalue weighted by atomic mass is 32.1. The van der Waals surface area contributed by atoms with Crippen LogP contribution in [0.1, 0.15) is 36.4 Å². The molecule has 114 valence electrons. The zero-order valence-electron chi connectivity index (χ0n) is 13.2. The highest BCUT2D eigenvalue weighted by Gasteiger charge is 2.09. The van der Waals surface area contributed by atoms with Crippen molar-refractivity contribution in [1.29, 1.82) is 0 Å². The van der Waals surface area contributed by atoms with Gasteiger partial charge in [-0.2, -0.15) is 0 Å². The molecule has 0 aliphatic rings. The van der Waals surface area contributed by atoms with E-state index in [9.17, 15) is 0 Å². The fourth-order valence-electron chi connectivity index (χ4n) is 2.34. The lowest BCUT2D eigenvalue weighted by Gasteiger charge is -2.22. The lowest BCUT2D eigenvalue weighted by Crippen LogP contribution is -2.23. The largest absolute Gasteiger partial charge is 0.352 e. The third-order valence-electron chi connectivity index (χ3n) is 3.39. The Balaban J connectivity index is 2.12. The number of thiophene rings is 1. The van der Waals surface area contributed by atoms with Crippen LogP contribution in [0.5, 0.6) is 0 Å². The van der Waals surface area contributed by atoms with Crippen molar-refractivity contribution in [2.24, 2.45) is 0 Å². The Morgan fingerprint density at radius 1 is 1.29 bits per heavy atom. The van der Waals surface area contributed by atoms with Gasteiger partial charge in [-0.1, -0.05) is 13.0 Å². The molecular weight excluding hydrogens is 278 g/mol. The number of hydrogen-bond acceptors (Lipinski definition) is 4. The van der Waals surface area contributed by atoms with E-state index in [0.29, 0.717) is 0 Å². The molecule has 2 aromatic heterocycles. The summed E-state index contributed by atoms with van der Waals surface area (Å²) in [5, 5.41) is 5.60. The molecule has 3 nitrogen and oxygen atoms in total. The van der Waals surface area contributed by atoms with Gasteiger partial charge in [-0.25, -0.2) is 4.98 Å². The van der Waals surface area contributed by atoms with E-state index in [4.69, 9.17) is 4.98 Å². The summed E-state index contributed by atoms with van der Waals surface area (Å²) in [6, 6.07) is 8.68. The average Bonchev–Trinajstić information content (AvgIpc) is 2.97. The van der Waals surface area contributed by atoms with Crippen molar-refractivity contribution in [3.63, 3.8) is 0 Å². The number of rotatable bonds is 8. The molecule has 4 heteroatoms. The van der Waals surface area contributed by atoms with Crippen LogP contribution in [-0.2, 0) is 13.1 Å². The summed E-state index contributed by atoms with van der Waals surface area (Å²) in [6.07, 6.45) is 1.16. The first kappa shape index (κ1) is 16.0. The molecule has 2 aromatic rings. The lowest BCUT2D eigenvalue weighted by atomic mass is 10.2. The van der Waals surface area contributed by atoms with Crippen LogP contribution in [0.4, 0.5) is 5.82 Å². The Morgan fingerprint density at radius 2 is 2.14 bits per heavy atom. The predicted octanol–water partition coefficient (Wildman–Crippen LogP) is 3.98. The average molecular weight is 303 g/mol. The van der Waals surface area contributed by atoms with E-state index in [1.807, 2.05) is 0 Å². The van der Waals surface area contributed by atoms with Crippen molar-refractivity contribution in [3.05, 3.63) is 45.8 Å². The van der Waals surface area contributed by atoms with Gasteiger partial charge in [0.25, 0.3) is 0 Å². The molecule has 0 radical (unpaired) electrons. The van der Waals surface area contributed by atoms with Gasteiger partial charge < -0.3 is 10.2 Å². The molecule has 0 spiro atoms. The first-order chi connectivity index (χ1) is 10.2. The van der Waals surface area contributed by atoms with Gasteiger partial charge in [0.2, 0.25) is 0 Å². The second-order valence-corrected chi connectivity index (χ2v) is 6.28. The van der Waals surface area contributed by atoms with Gasteiger partial charge in [0.05, 0.1) is 6.54 Å². The van der Waals surface area contributed by atoms with E-state index in [0.717, 1.165) is 44.1 Å². The van der Waals surface area contributed by atoms with Crippen molar-refractivity contribution in [3.8, 4) is 0 Å². The van der Waals surface area contributed by atoms with Gasteiger partial charge in [-0.15, -0.1) is 11.3 Å². The Labute approximate surface area is 132 Å². The molecule has 0 saturated heterocycles. The zero-order chi connectivity index (χ0) is 15.1. The monoisotopic (exact) mass is 303 g/mol.